The van der Waals surface area contributed by atoms with Gasteiger partial charge in [-0.2, -0.15) is 0 Å². The van der Waals surface area contributed by atoms with Crippen LogP contribution in [0.1, 0.15) is 25.0 Å². The summed E-state index contributed by atoms with van der Waals surface area (Å²) in [5.74, 6) is 1.01. The van der Waals surface area contributed by atoms with Crippen molar-refractivity contribution >= 4 is 28.0 Å². The molecule has 2 heteroatoms. The van der Waals surface area contributed by atoms with Crippen molar-refractivity contribution in [1.29, 1.82) is 0 Å². The average molecular weight is 630 g/mol. The quantitative estimate of drug-likeness (QED) is 0.182. The molecule has 2 nitrogen and oxygen atoms in total. The fraction of sp³-hybridized carbons (Fsp3) is 0.0638. The van der Waals surface area contributed by atoms with Crippen molar-refractivity contribution < 1.29 is 4.42 Å². The predicted octanol–water partition coefficient (Wildman–Crippen LogP) is 13.2. The lowest BCUT2D eigenvalue weighted by Gasteiger charge is -2.27. The van der Waals surface area contributed by atoms with Gasteiger partial charge in [0.1, 0.15) is 11.3 Å². The summed E-state index contributed by atoms with van der Waals surface area (Å²) in [6.45, 7) is 4.64. The normalized spacial score (nSPS) is 12.9. The fourth-order valence-corrected chi connectivity index (χ4v) is 7.57. The Balaban J connectivity index is 1.12. The second kappa shape index (κ2) is 11.5. The number of hydrogen-bond donors (Lipinski definition) is 0. The second-order valence-electron chi connectivity index (χ2n) is 13.4. The van der Waals surface area contributed by atoms with E-state index in [9.17, 15) is 0 Å². The molecule has 0 spiro atoms. The molecule has 1 aromatic heterocycles. The maximum absolute atomic E-state index is 6.43. The van der Waals surface area contributed by atoms with Gasteiger partial charge in [-0.15, -0.1) is 0 Å². The van der Waals surface area contributed by atoms with Crippen LogP contribution in [0.3, 0.4) is 0 Å². The topological polar surface area (TPSA) is 16.4 Å². The Labute approximate surface area is 287 Å². The molecule has 0 saturated carbocycles. The van der Waals surface area contributed by atoms with Crippen LogP contribution >= 0.6 is 0 Å². The van der Waals surface area contributed by atoms with Crippen molar-refractivity contribution in [2.75, 3.05) is 4.90 Å². The van der Waals surface area contributed by atoms with E-state index in [1.54, 1.807) is 0 Å². The third kappa shape index (κ3) is 4.96. The smallest absolute Gasteiger partial charge is 0.139 e. The van der Waals surface area contributed by atoms with Crippen molar-refractivity contribution in [3.05, 3.63) is 187 Å². The van der Waals surface area contributed by atoms with Crippen LogP contribution in [0.2, 0.25) is 0 Å². The van der Waals surface area contributed by atoms with Gasteiger partial charge in [0.05, 0.1) is 0 Å². The minimum atomic E-state index is -0.169. The zero-order valence-electron chi connectivity index (χ0n) is 27.6. The number of benzene rings is 7. The Hall–Kier alpha value is -6.12. The maximum Gasteiger partial charge on any atom is 0.139 e. The van der Waals surface area contributed by atoms with Crippen molar-refractivity contribution in [2.24, 2.45) is 0 Å². The SMILES string of the molecule is CC1(C)c2cc(-c3cccc(N(c4ccc(-c5ccccc5)cc4)c4ccc(-c5ccccc5)cc4)c3)ccc2-c2oc3ccccc3c21. The van der Waals surface area contributed by atoms with Gasteiger partial charge >= 0.3 is 0 Å². The Morgan fingerprint density at radius 2 is 0.939 bits per heavy atom. The number of fused-ring (bicyclic) bond motifs is 5. The summed E-state index contributed by atoms with van der Waals surface area (Å²) in [6.07, 6.45) is 0. The summed E-state index contributed by atoms with van der Waals surface area (Å²) in [5, 5.41) is 1.20. The third-order valence-electron chi connectivity index (χ3n) is 10.1. The van der Waals surface area contributed by atoms with E-state index in [4.69, 9.17) is 4.42 Å². The zero-order valence-corrected chi connectivity index (χ0v) is 27.6. The maximum atomic E-state index is 6.43. The second-order valence-corrected chi connectivity index (χ2v) is 13.4. The Morgan fingerprint density at radius 1 is 0.429 bits per heavy atom. The van der Waals surface area contributed by atoms with E-state index in [-0.39, 0.29) is 5.41 Å². The highest BCUT2D eigenvalue weighted by Gasteiger charge is 2.40. The lowest BCUT2D eigenvalue weighted by Crippen LogP contribution is -2.15. The molecule has 0 saturated heterocycles. The molecule has 0 unspecified atom stereocenters. The van der Waals surface area contributed by atoms with Gasteiger partial charge in [0.25, 0.3) is 0 Å². The molecule has 0 aliphatic heterocycles. The van der Waals surface area contributed by atoms with Gasteiger partial charge in [-0.1, -0.05) is 141 Å². The molecule has 1 heterocycles. The molecule has 0 bridgehead atoms. The molecular formula is C47H35NO. The number of rotatable bonds is 6. The standard InChI is InChI=1S/C47H35NO/c1-47(2)43-31-37(24-29-41(43)46-45(47)42-18-9-10-19-44(42)49-46)36-16-11-17-40(30-36)48(38-25-20-34(21-26-38)32-12-5-3-6-13-32)39-27-22-35(23-28-39)33-14-7-4-8-15-33/h3-31H,1-2H3. The first-order chi connectivity index (χ1) is 24.0. The highest BCUT2D eigenvalue weighted by Crippen LogP contribution is 2.53. The van der Waals surface area contributed by atoms with Crippen LogP contribution in [0.5, 0.6) is 0 Å². The first kappa shape index (κ1) is 29.1. The van der Waals surface area contributed by atoms with Gasteiger partial charge in [0.15, 0.2) is 0 Å². The molecule has 7 aromatic carbocycles. The molecule has 0 amide bonds. The van der Waals surface area contributed by atoms with Gasteiger partial charge in [-0.25, -0.2) is 0 Å². The van der Waals surface area contributed by atoms with Gasteiger partial charge in [0, 0.05) is 39.0 Å². The van der Waals surface area contributed by atoms with Crippen LogP contribution in [0, 0.1) is 0 Å². The Kier molecular flexibility index (Phi) is 6.84. The van der Waals surface area contributed by atoms with Crippen LogP contribution in [0.25, 0.3) is 55.7 Å². The van der Waals surface area contributed by atoms with E-state index in [0.29, 0.717) is 0 Å². The molecule has 1 aliphatic carbocycles. The number of nitrogens with zero attached hydrogens (tertiary/aromatic N) is 1. The number of hydrogen-bond acceptors (Lipinski definition) is 2. The largest absolute Gasteiger partial charge is 0.456 e. The number of furan rings is 1. The summed E-state index contributed by atoms with van der Waals surface area (Å²) in [7, 11) is 0. The van der Waals surface area contributed by atoms with Gasteiger partial charge in [0.2, 0.25) is 0 Å². The summed E-state index contributed by atoms with van der Waals surface area (Å²) < 4.78 is 6.43. The highest BCUT2D eigenvalue weighted by molar-refractivity contribution is 5.95. The molecule has 0 N–H and O–H groups in total. The summed E-state index contributed by atoms with van der Waals surface area (Å²) in [5.41, 5.74) is 15.1. The predicted molar refractivity (Wildman–Crippen MR) is 205 cm³/mol. The Morgan fingerprint density at radius 3 is 1.57 bits per heavy atom. The van der Waals surface area contributed by atoms with E-state index in [0.717, 1.165) is 28.4 Å². The van der Waals surface area contributed by atoms with Crippen LogP contribution in [-0.2, 0) is 5.41 Å². The monoisotopic (exact) mass is 629 g/mol. The molecule has 234 valence electrons. The minimum absolute atomic E-state index is 0.169. The van der Waals surface area contributed by atoms with Gasteiger partial charge in [-0.3, -0.25) is 0 Å². The van der Waals surface area contributed by atoms with E-state index in [1.165, 1.54) is 55.5 Å². The van der Waals surface area contributed by atoms with Crippen molar-refractivity contribution in [1.82, 2.24) is 0 Å². The molecule has 9 rings (SSSR count). The lowest BCUT2D eigenvalue weighted by atomic mass is 9.80. The van der Waals surface area contributed by atoms with E-state index in [1.807, 2.05) is 6.07 Å². The number of para-hydroxylation sites is 1. The zero-order chi connectivity index (χ0) is 33.0. The van der Waals surface area contributed by atoms with Crippen molar-refractivity contribution in [2.45, 2.75) is 19.3 Å². The summed E-state index contributed by atoms with van der Waals surface area (Å²) in [4.78, 5) is 2.35. The molecular weight excluding hydrogens is 595 g/mol. The van der Waals surface area contributed by atoms with E-state index < -0.39 is 0 Å². The third-order valence-corrected chi connectivity index (χ3v) is 10.1. The van der Waals surface area contributed by atoms with Crippen LogP contribution < -0.4 is 4.90 Å². The molecule has 0 atom stereocenters. The van der Waals surface area contributed by atoms with Crippen LogP contribution in [0.15, 0.2) is 180 Å². The van der Waals surface area contributed by atoms with E-state index in [2.05, 4.69) is 189 Å². The molecule has 8 aromatic rings. The summed E-state index contributed by atoms with van der Waals surface area (Å²) >= 11 is 0. The molecule has 0 fully saturated rings. The first-order valence-corrected chi connectivity index (χ1v) is 16.9. The van der Waals surface area contributed by atoms with Crippen molar-refractivity contribution in [3.8, 4) is 44.7 Å². The fourth-order valence-electron chi connectivity index (χ4n) is 7.57. The van der Waals surface area contributed by atoms with Gasteiger partial charge in [-0.05, 0) is 87.5 Å². The van der Waals surface area contributed by atoms with E-state index >= 15 is 0 Å². The minimum Gasteiger partial charge on any atom is -0.456 e. The molecule has 1 aliphatic rings. The number of anilines is 3. The average Bonchev–Trinajstić information content (AvgIpc) is 3.66. The lowest BCUT2D eigenvalue weighted by molar-refractivity contribution is 0.619. The highest BCUT2D eigenvalue weighted by atomic mass is 16.3. The van der Waals surface area contributed by atoms with Crippen molar-refractivity contribution in [3.63, 3.8) is 0 Å². The van der Waals surface area contributed by atoms with Gasteiger partial charge < -0.3 is 9.32 Å². The summed E-state index contributed by atoms with van der Waals surface area (Å²) in [6, 6.07) is 63.0. The molecule has 0 radical (unpaired) electrons. The van der Waals surface area contributed by atoms with Crippen LogP contribution in [-0.4, -0.2) is 0 Å². The first-order valence-electron chi connectivity index (χ1n) is 16.9. The van der Waals surface area contributed by atoms with Crippen LogP contribution in [0.4, 0.5) is 17.1 Å². The molecule has 49 heavy (non-hydrogen) atoms. The Bertz CT molecular complexity index is 2350.